The van der Waals surface area contributed by atoms with Crippen molar-refractivity contribution >= 4 is 0 Å². The van der Waals surface area contributed by atoms with Crippen LogP contribution in [0.4, 0.5) is 0 Å². The molecule has 4 nitrogen and oxygen atoms in total. The summed E-state index contributed by atoms with van der Waals surface area (Å²) in [6.07, 6.45) is 0. The van der Waals surface area contributed by atoms with Crippen LogP contribution in [0.2, 0.25) is 0 Å². The van der Waals surface area contributed by atoms with Gasteiger partial charge in [-0.3, -0.25) is 4.79 Å². The van der Waals surface area contributed by atoms with Gasteiger partial charge in [-0.25, -0.2) is 4.98 Å². The Morgan fingerprint density at radius 3 is 2.82 bits per heavy atom. The van der Waals surface area contributed by atoms with Crippen molar-refractivity contribution in [3.05, 3.63) is 57.8 Å². The van der Waals surface area contributed by atoms with Gasteiger partial charge in [0.2, 0.25) is 0 Å². The van der Waals surface area contributed by atoms with E-state index in [0.29, 0.717) is 11.5 Å². The van der Waals surface area contributed by atoms with Crippen molar-refractivity contribution < 1.29 is 4.74 Å². The van der Waals surface area contributed by atoms with E-state index in [1.807, 2.05) is 31.2 Å². The molecule has 0 fully saturated rings. The molecule has 0 unspecified atom stereocenters. The minimum Gasteiger partial charge on any atom is -0.486 e. The molecule has 1 aromatic heterocycles. The van der Waals surface area contributed by atoms with Gasteiger partial charge in [0.1, 0.15) is 18.2 Å². The van der Waals surface area contributed by atoms with Crippen molar-refractivity contribution in [3.8, 4) is 5.75 Å². The van der Waals surface area contributed by atoms with Gasteiger partial charge < -0.3 is 9.72 Å². The van der Waals surface area contributed by atoms with Gasteiger partial charge in [0.15, 0.2) is 0 Å². The highest BCUT2D eigenvalue weighted by Crippen LogP contribution is 2.13. The first-order valence-electron chi connectivity index (χ1n) is 5.40. The Kier molecular flexibility index (Phi) is 3.23. The van der Waals surface area contributed by atoms with E-state index in [9.17, 15) is 4.79 Å². The predicted octanol–water partition coefficient (Wildman–Crippen LogP) is 1.97. The summed E-state index contributed by atoms with van der Waals surface area (Å²) >= 11 is 0. The third-order valence-corrected chi connectivity index (χ3v) is 2.28. The molecule has 0 spiro atoms. The number of hydrogen-bond acceptors (Lipinski definition) is 3. The zero-order valence-corrected chi connectivity index (χ0v) is 9.86. The quantitative estimate of drug-likeness (QED) is 0.877. The molecule has 0 atom stereocenters. The van der Waals surface area contributed by atoms with E-state index >= 15 is 0 Å². The van der Waals surface area contributed by atoms with E-state index in [0.717, 1.165) is 11.3 Å². The average Bonchev–Trinajstić information content (AvgIpc) is 2.25. The van der Waals surface area contributed by atoms with Crippen molar-refractivity contribution in [1.82, 2.24) is 9.97 Å². The molecule has 4 heteroatoms. The van der Waals surface area contributed by atoms with E-state index in [2.05, 4.69) is 9.97 Å². The molecule has 2 rings (SSSR count). The monoisotopic (exact) mass is 230 g/mol. The Hall–Kier alpha value is -2.10. The van der Waals surface area contributed by atoms with Crippen molar-refractivity contribution in [2.75, 3.05) is 0 Å². The van der Waals surface area contributed by atoms with Crippen LogP contribution in [0.15, 0.2) is 35.1 Å². The normalized spacial score (nSPS) is 10.2. The zero-order valence-electron chi connectivity index (χ0n) is 9.86. The van der Waals surface area contributed by atoms with E-state index < -0.39 is 0 Å². The fourth-order valence-electron chi connectivity index (χ4n) is 1.57. The summed E-state index contributed by atoms with van der Waals surface area (Å²) in [7, 11) is 0. The summed E-state index contributed by atoms with van der Waals surface area (Å²) in [6, 6.07) is 9.20. The van der Waals surface area contributed by atoms with Gasteiger partial charge in [0.25, 0.3) is 5.56 Å². The first-order valence-corrected chi connectivity index (χ1v) is 5.40. The third kappa shape index (κ3) is 3.17. The number of aromatic nitrogens is 2. The number of benzene rings is 1. The van der Waals surface area contributed by atoms with Gasteiger partial charge in [-0.15, -0.1) is 0 Å². The van der Waals surface area contributed by atoms with Crippen molar-refractivity contribution in [3.63, 3.8) is 0 Å². The van der Waals surface area contributed by atoms with Crippen LogP contribution in [0.3, 0.4) is 0 Å². The molecule has 2 aromatic rings. The second kappa shape index (κ2) is 4.82. The smallest absolute Gasteiger partial charge is 0.251 e. The van der Waals surface area contributed by atoms with Crippen LogP contribution in [-0.4, -0.2) is 9.97 Å². The van der Waals surface area contributed by atoms with Crippen molar-refractivity contribution in [1.29, 1.82) is 0 Å². The number of H-pyrrole nitrogens is 1. The van der Waals surface area contributed by atoms with Gasteiger partial charge in [-0.1, -0.05) is 12.1 Å². The summed E-state index contributed by atoms with van der Waals surface area (Å²) in [5, 5.41) is 0. The Morgan fingerprint density at radius 1 is 1.29 bits per heavy atom. The van der Waals surface area contributed by atoms with Crippen LogP contribution in [-0.2, 0) is 6.61 Å². The molecule has 0 radical (unpaired) electrons. The van der Waals surface area contributed by atoms with E-state index in [1.165, 1.54) is 6.07 Å². The van der Waals surface area contributed by atoms with Gasteiger partial charge >= 0.3 is 0 Å². The minimum absolute atomic E-state index is 0.152. The highest BCUT2D eigenvalue weighted by atomic mass is 16.5. The molecular formula is C13H14N2O2. The maximum atomic E-state index is 11.2. The molecule has 0 aliphatic rings. The molecule has 0 amide bonds. The number of nitrogens with zero attached hydrogens (tertiary/aromatic N) is 1. The lowest BCUT2D eigenvalue weighted by molar-refractivity contribution is 0.295. The fourth-order valence-corrected chi connectivity index (χ4v) is 1.57. The Balaban J connectivity index is 2.09. The maximum Gasteiger partial charge on any atom is 0.251 e. The standard InChI is InChI=1S/C13H14N2O2/c1-9-4-3-5-11(6-9)17-8-12-14-10(2)7-13(16)15-12/h3-7H,8H2,1-2H3,(H,14,15,16). The lowest BCUT2D eigenvalue weighted by atomic mass is 10.2. The molecule has 17 heavy (non-hydrogen) atoms. The molecule has 88 valence electrons. The molecule has 1 heterocycles. The second-order valence-corrected chi connectivity index (χ2v) is 3.94. The summed E-state index contributed by atoms with van der Waals surface area (Å²) in [5.41, 5.74) is 1.67. The van der Waals surface area contributed by atoms with Crippen LogP contribution in [0.5, 0.6) is 5.75 Å². The van der Waals surface area contributed by atoms with Crippen LogP contribution < -0.4 is 10.3 Å². The molecule has 1 aromatic carbocycles. The van der Waals surface area contributed by atoms with Crippen LogP contribution >= 0.6 is 0 Å². The van der Waals surface area contributed by atoms with Crippen molar-refractivity contribution in [2.24, 2.45) is 0 Å². The van der Waals surface area contributed by atoms with Gasteiger partial charge in [-0.05, 0) is 31.5 Å². The number of rotatable bonds is 3. The number of aromatic amines is 1. The molecular weight excluding hydrogens is 216 g/mol. The van der Waals surface area contributed by atoms with Gasteiger partial charge in [-0.2, -0.15) is 0 Å². The summed E-state index contributed by atoms with van der Waals surface area (Å²) in [6.45, 7) is 4.05. The predicted molar refractivity (Wildman–Crippen MR) is 65.1 cm³/mol. The van der Waals surface area contributed by atoms with Crippen LogP contribution in [0.1, 0.15) is 17.1 Å². The second-order valence-electron chi connectivity index (χ2n) is 3.94. The summed E-state index contributed by atoms with van der Waals surface area (Å²) < 4.78 is 5.55. The molecule has 0 saturated heterocycles. The maximum absolute atomic E-state index is 11.2. The molecule has 0 saturated carbocycles. The molecule has 0 aliphatic heterocycles. The first kappa shape index (κ1) is 11.4. The average molecular weight is 230 g/mol. The van der Waals surface area contributed by atoms with E-state index in [1.54, 1.807) is 6.92 Å². The topological polar surface area (TPSA) is 55.0 Å². The Bertz CT molecular complexity index is 576. The number of aryl methyl sites for hydroxylation is 2. The Morgan fingerprint density at radius 2 is 2.12 bits per heavy atom. The summed E-state index contributed by atoms with van der Waals surface area (Å²) in [5.74, 6) is 1.31. The SMILES string of the molecule is Cc1cccc(OCc2nc(C)cc(=O)[nH]2)c1. The van der Waals surface area contributed by atoms with Gasteiger partial charge in [0.05, 0.1) is 0 Å². The first-order chi connectivity index (χ1) is 8.13. The highest BCUT2D eigenvalue weighted by molar-refractivity contribution is 5.27. The van der Waals surface area contributed by atoms with E-state index in [4.69, 9.17) is 4.74 Å². The number of hydrogen-bond donors (Lipinski definition) is 1. The minimum atomic E-state index is -0.152. The third-order valence-electron chi connectivity index (χ3n) is 2.28. The molecule has 0 aliphatic carbocycles. The molecule has 0 bridgehead atoms. The summed E-state index contributed by atoms with van der Waals surface area (Å²) in [4.78, 5) is 18.1. The highest BCUT2D eigenvalue weighted by Gasteiger charge is 2.00. The number of nitrogens with one attached hydrogen (secondary N) is 1. The largest absolute Gasteiger partial charge is 0.486 e. The molecule has 1 N–H and O–H groups in total. The zero-order chi connectivity index (χ0) is 12.3. The van der Waals surface area contributed by atoms with Crippen LogP contribution in [0, 0.1) is 13.8 Å². The lowest BCUT2D eigenvalue weighted by Gasteiger charge is -2.06. The lowest BCUT2D eigenvalue weighted by Crippen LogP contribution is -2.13. The number of ether oxygens (including phenoxy) is 1. The van der Waals surface area contributed by atoms with E-state index in [-0.39, 0.29) is 12.2 Å². The van der Waals surface area contributed by atoms with Crippen molar-refractivity contribution in [2.45, 2.75) is 20.5 Å². The van der Waals surface area contributed by atoms with Crippen LogP contribution in [0.25, 0.3) is 0 Å². The van der Waals surface area contributed by atoms with Gasteiger partial charge in [0, 0.05) is 11.8 Å². The Labute approximate surface area is 99.3 Å². The fraction of sp³-hybridized carbons (Fsp3) is 0.231.